The lowest BCUT2D eigenvalue weighted by atomic mass is 10.2. The number of fused-ring (bicyclic) bond motifs is 1. The Labute approximate surface area is 119 Å². The largest absolute Gasteiger partial charge is 0.478 e. The lowest BCUT2D eigenvalue weighted by molar-refractivity contribution is -0.159. The van der Waals surface area contributed by atoms with Crippen LogP contribution in [0.4, 0.5) is 23.1 Å². The summed E-state index contributed by atoms with van der Waals surface area (Å²) in [6.45, 7) is -1.70. The van der Waals surface area contributed by atoms with Gasteiger partial charge in [-0.2, -0.15) is 13.2 Å². The van der Waals surface area contributed by atoms with Crippen LogP contribution >= 0.6 is 11.3 Å². The van der Waals surface area contributed by atoms with Crippen LogP contribution in [0.25, 0.3) is 10.2 Å². The van der Waals surface area contributed by atoms with E-state index in [0.717, 1.165) is 11.3 Å². The minimum absolute atomic E-state index is 0.0136. The first-order chi connectivity index (χ1) is 9.74. The molecule has 0 saturated heterocycles. The fraction of sp³-hybridized carbons (Fsp3) is 0.182. The molecule has 0 saturated carbocycles. The zero-order valence-electron chi connectivity index (χ0n) is 10.1. The number of carboxylic acids is 1. The number of hydrogen-bond donors (Lipinski definition) is 2. The average molecular weight is 320 g/mol. The zero-order chi connectivity index (χ0) is 15.6. The molecule has 0 bridgehead atoms. The third-order valence-corrected chi connectivity index (χ3v) is 3.14. The van der Waals surface area contributed by atoms with Gasteiger partial charge >= 0.3 is 18.2 Å². The summed E-state index contributed by atoms with van der Waals surface area (Å²) in [5.41, 5.74) is 0.452. The SMILES string of the molecule is O=C(Nc1nc2ccc(C(=O)O)cc2s1)OCC(F)(F)F. The Morgan fingerprint density at radius 2 is 2.10 bits per heavy atom. The highest BCUT2D eigenvalue weighted by Gasteiger charge is 2.29. The van der Waals surface area contributed by atoms with Crippen molar-refractivity contribution in [3.8, 4) is 0 Å². The van der Waals surface area contributed by atoms with E-state index in [1.165, 1.54) is 18.2 Å². The van der Waals surface area contributed by atoms with Crippen LogP contribution in [0.3, 0.4) is 0 Å². The minimum atomic E-state index is -4.61. The number of alkyl halides is 3. The van der Waals surface area contributed by atoms with Crippen LogP contribution in [0.5, 0.6) is 0 Å². The Morgan fingerprint density at radius 1 is 1.38 bits per heavy atom. The summed E-state index contributed by atoms with van der Waals surface area (Å²) in [5, 5.41) is 10.9. The van der Waals surface area contributed by atoms with Gasteiger partial charge in [-0.15, -0.1) is 0 Å². The number of halogens is 3. The van der Waals surface area contributed by atoms with Gasteiger partial charge in [-0.05, 0) is 18.2 Å². The summed E-state index contributed by atoms with van der Waals surface area (Å²) in [7, 11) is 0. The Kier molecular flexibility index (Phi) is 3.98. The molecule has 2 aromatic rings. The molecule has 112 valence electrons. The zero-order valence-corrected chi connectivity index (χ0v) is 10.9. The monoisotopic (exact) mass is 320 g/mol. The third kappa shape index (κ3) is 4.05. The van der Waals surface area contributed by atoms with Crippen molar-refractivity contribution in [1.29, 1.82) is 0 Å². The molecule has 2 rings (SSSR count). The number of ether oxygens (including phenoxy) is 1. The van der Waals surface area contributed by atoms with Crippen molar-refractivity contribution >= 4 is 38.7 Å². The minimum Gasteiger partial charge on any atom is -0.478 e. The molecule has 0 aliphatic carbocycles. The number of benzene rings is 1. The first-order valence-electron chi connectivity index (χ1n) is 5.39. The summed E-state index contributed by atoms with van der Waals surface area (Å²) in [5.74, 6) is -1.12. The molecule has 0 aliphatic heterocycles. The highest BCUT2D eigenvalue weighted by Crippen LogP contribution is 2.27. The first-order valence-corrected chi connectivity index (χ1v) is 6.21. The molecular formula is C11H7F3N2O4S. The molecule has 2 N–H and O–H groups in total. The topological polar surface area (TPSA) is 88.5 Å². The van der Waals surface area contributed by atoms with Crippen LogP contribution in [0, 0.1) is 0 Å². The van der Waals surface area contributed by atoms with E-state index in [1.54, 1.807) is 0 Å². The number of hydrogen-bond acceptors (Lipinski definition) is 5. The maximum atomic E-state index is 11.9. The van der Waals surface area contributed by atoms with Gasteiger partial charge in [-0.25, -0.2) is 14.6 Å². The van der Waals surface area contributed by atoms with Gasteiger partial charge in [-0.3, -0.25) is 5.32 Å². The van der Waals surface area contributed by atoms with Crippen LogP contribution in [-0.4, -0.2) is 34.9 Å². The molecule has 10 heteroatoms. The molecular weight excluding hydrogens is 313 g/mol. The van der Waals surface area contributed by atoms with Gasteiger partial charge in [-0.1, -0.05) is 11.3 Å². The van der Waals surface area contributed by atoms with Crippen molar-refractivity contribution in [2.45, 2.75) is 6.18 Å². The Morgan fingerprint density at radius 3 is 2.71 bits per heavy atom. The average Bonchev–Trinajstić information content (AvgIpc) is 2.76. The van der Waals surface area contributed by atoms with E-state index >= 15 is 0 Å². The van der Waals surface area contributed by atoms with Crippen molar-refractivity contribution in [1.82, 2.24) is 4.98 Å². The predicted molar refractivity (Wildman–Crippen MR) is 67.6 cm³/mol. The second-order valence-corrected chi connectivity index (χ2v) is 4.85. The van der Waals surface area contributed by atoms with E-state index in [2.05, 4.69) is 15.0 Å². The quantitative estimate of drug-likeness (QED) is 0.907. The van der Waals surface area contributed by atoms with Crippen molar-refractivity contribution < 1.29 is 32.6 Å². The first kappa shape index (κ1) is 15.0. The molecule has 21 heavy (non-hydrogen) atoms. The fourth-order valence-corrected chi connectivity index (χ4v) is 2.27. The Bertz CT molecular complexity index is 698. The number of carbonyl (C=O) groups excluding carboxylic acids is 1. The number of amides is 1. The third-order valence-electron chi connectivity index (χ3n) is 2.21. The van der Waals surface area contributed by atoms with Gasteiger partial charge in [0.05, 0.1) is 15.8 Å². The number of thiazole rings is 1. The number of nitrogens with one attached hydrogen (secondary N) is 1. The number of carboxylic acid groups (broad SMARTS) is 1. The van der Waals surface area contributed by atoms with E-state index in [1.807, 2.05) is 0 Å². The number of aromatic nitrogens is 1. The molecule has 1 aromatic heterocycles. The summed E-state index contributed by atoms with van der Waals surface area (Å²) < 4.78 is 40.0. The van der Waals surface area contributed by atoms with Gasteiger partial charge in [0.25, 0.3) is 0 Å². The highest BCUT2D eigenvalue weighted by atomic mass is 32.1. The van der Waals surface area contributed by atoms with Gasteiger partial charge in [0, 0.05) is 0 Å². The Hall–Kier alpha value is -2.36. The molecule has 0 atom stereocenters. The normalized spacial score (nSPS) is 11.4. The van der Waals surface area contributed by atoms with Crippen LogP contribution in [0.15, 0.2) is 18.2 Å². The lowest BCUT2D eigenvalue weighted by Crippen LogP contribution is -2.23. The number of anilines is 1. The van der Waals surface area contributed by atoms with Gasteiger partial charge in [0.2, 0.25) is 0 Å². The molecule has 0 radical (unpaired) electrons. The molecule has 1 heterocycles. The number of rotatable bonds is 3. The molecule has 1 amide bonds. The summed E-state index contributed by atoms with van der Waals surface area (Å²) in [6, 6.07) is 4.11. The van der Waals surface area contributed by atoms with Crippen molar-refractivity contribution in [3.05, 3.63) is 23.8 Å². The highest BCUT2D eigenvalue weighted by molar-refractivity contribution is 7.22. The van der Waals surface area contributed by atoms with Crippen LogP contribution in [0.1, 0.15) is 10.4 Å². The maximum Gasteiger partial charge on any atom is 0.422 e. The second-order valence-electron chi connectivity index (χ2n) is 3.82. The van der Waals surface area contributed by atoms with E-state index < -0.39 is 24.8 Å². The second kappa shape index (κ2) is 5.56. The maximum absolute atomic E-state index is 11.9. The summed E-state index contributed by atoms with van der Waals surface area (Å²) in [6.07, 6.45) is -5.90. The fourth-order valence-electron chi connectivity index (χ4n) is 1.38. The molecule has 0 spiro atoms. The number of nitrogens with zero attached hydrogens (tertiary/aromatic N) is 1. The van der Waals surface area contributed by atoms with Crippen LogP contribution in [-0.2, 0) is 4.74 Å². The van der Waals surface area contributed by atoms with E-state index in [-0.39, 0.29) is 10.7 Å². The molecule has 6 nitrogen and oxygen atoms in total. The smallest absolute Gasteiger partial charge is 0.422 e. The summed E-state index contributed by atoms with van der Waals surface area (Å²) in [4.78, 5) is 25.9. The standard InChI is InChI=1S/C11H7F3N2O4S/c12-11(13,14)4-20-10(19)16-9-15-6-2-1-5(8(17)18)3-7(6)21-9/h1-3H,4H2,(H,17,18)(H,15,16,19). The lowest BCUT2D eigenvalue weighted by Gasteiger charge is -2.07. The van der Waals surface area contributed by atoms with Crippen LogP contribution in [0.2, 0.25) is 0 Å². The Balaban J connectivity index is 2.09. The van der Waals surface area contributed by atoms with E-state index in [9.17, 15) is 22.8 Å². The molecule has 0 fully saturated rings. The number of carbonyl (C=O) groups is 2. The van der Waals surface area contributed by atoms with Crippen molar-refractivity contribution in [2.24, 2.45) is 0 Å². The van der Waals surface area contributed by atoms with Crippen molar-refractivity contribution in [2.75, 3.05) is 11.9 Å². The van der Waals surface area contributed by atoms with Gasteiger partial charge in [0.15, 0.2) is 11.7 Å². The molecule has 1 aromatic carbocycles. The predicted octanol–water partition coefficient (Wildman–Crippen LogP) is 3.11. The molecule has 0 unspecified atom stereocenters. The molecule has 0 aliphatic rings. The van der Waals surface area contributed by atoms with Crippen molar-refractivity contribution in [3.63, 3.8) is 0 Å². The van der Waals surface area contributed by atoms with Crippen LogP contribution < -0.4 is 5.32 Å². The van der Waals surface area contributed by atoms with E-state index in [0.29, 0.717) is 10.2 Å². The van der Waals surface area contributed by atoms with E-state index in [4.69, 9.17) is 5.11 Å². The van der Waals surface area contributed by atoms with Gasteiger partial charge < -0.3 is 9.84 Å². The number of aromatic carboxylic acids is 1. The summed E-state index contributed by atoms with van der Waals surface area (Å²) >= 11 is 0.923. The van der Waals surface area contributed by atoms with Gasteiger partial charge in [0.1, 0.15) is 0 Å².